The first-order valence-corrected chi connectivity index (χ1v) is 6.67. The van der Waals surface area contributed by atoms with E-state index in [9.17, 15) is 9.90 Å². The van der Waals surface area contributed by atoms with Gasteiger partial charge in [0, 0.05) is 5.92 Å². The molecule has 0 unspecified atom stereocenters. The van der Waals surface area contributed by atoms with Crippen LogP contribution in [0.25, 0.3) is 0 Å². The number of hydrogen-bond acceptors (Lipinski definition) is 2. The van der Waals surface area contributed by atoms with E-state index >= 15 is 0 Å². The summed E-state index contributed by atoms with van der Waals surface area (Å²) < 4.78 is 0. The molecule has 1 saturated carbocycles. The van der Waals surface area contributed by atoms with Crippen molar-refractivity contribution in [2.45, 2.75) is 53.1 Å². The molecule has 2 heteroatoms. The lowest BCUT2D eigenvalue weighted by molar-refractivity contribution is -0.114. The smallest absolute Gasteiger partial charge is 0.123 e. The van der Waals surface area contributed by atoms with Crippen LogP contribution in [-0.4, -0.2) is 17.0 Å². The van der Waals surface area contributed by atoms with E-state index < -0.39 is 5.60 Å². The molecule has 0 radical (unpaired) electrons. The second-order valence-corrected chi connectivity index (χ2v) is 6.79. The van der Waals surface area contributed by atoms with Gasteiger partial charge in [-0.1, -0.05) is 45.1 Å². The average Bonchev–Trinajstić information content (AvgIpc) is 2.45. The summed E-state index contributed by atoms with van der Waals surface area (Å²) in [5.41, 5.74) is -0.738. The van der Waals surface area contributed by atoms with Crippen molar-refractivity contribution in [3.63, 3.8) is 0 Å². The van der Waals surface area contributed by atoms with Crippen LogP contribution in [0.3, 0.4) is 0 Å². The molecule has 1 aliphatic carbocycles. The molecular formula is C16H26O2. The van der Waals surface area contributed by atoms with Gasteiger partial charge in [-0.25, -0.2) is 0 Å². The molecule has 1 fully saturated rings. The second kappa shape index (κ2) is 5.00. The summed E-state index contributed by atoms with van der Waals surface area (Å²) >= 11 is 0. The Kier molecular flexibility index (Phi) is 4.22. The highest BCUT2D eigenvalue weighted by atomic mass is 16.3. The van der Waals surface area contributed by atoms with Gasteiger partial charge in [0.2, 0.25) is 0 Å². The number of carbonyl (C=O) groups excluding carboxylic acids is 1. The Morgan fingerprint density at radius 3 is 2.28 bits per heavy atom. The zero-order valence-electron chi connectivity index (χ0n) is 12.2. The molecule has 0 aliphatic heterocycles. The zero-order valence-corrected chi connectivity index (χ0v) is 12.2. The van der Waals surface area contributed by atoms with Gasteiger partial charge in [-0.3, -0.25) is 0 Å². The molecule has 2 atom stereocenters. The third-order valence-corrected chi connectivity index (χ3v) is 4.62. The molecule has 0 aromatic heterocycles. The van der Waals surface area contributed by atoms with Crippen molar-refractivity contribution in [1.29, 1.82) is 0 Å². The van der Waals surface area contributed by atoms with Gasteiger partial charge < -0.3 is 9.90 Å². The van der Waals surface area contributed by atoms with Crippen LogP contribution in [0, 0.1) is 16.7 Å². The highest BCUT2D eigenvalue weighted by Gasteiger charge is 2.49. The van der Waals surface area contributed by atoms with Gasteiger partial charge >= 0.3 is 0 Å². The highest BCUT2D eigenvalue weighted by molar-refractivity contribution is 5.56. The molecule has 18 heavy (non-hydrogen) atoms. The Balaban J connectivity index is 2.81. The van der Waals surface area contributed by atoms with Gasteiger partial charge in [-0.2, -0.15) is 0 Å². The third-order valence-electron chi connectivity index (χ3n) is 4.62. The Morgan fingerprint density at radius 1 is 1.22 bits per heavy atom. The predicted molar refractivity (Wildman–Crippen MR) is 75.3 cm³/mol. The lowest BCUT2D eigenvalue weighted by Gasteiger charge is -2.38. The fourth-order valence-electron chi connectivity index (χ4n) is 2.66. The summed E-state index contributed by atoms with van der Waals surface area (Å²) in [6.45, 7) is 10.1. The van der Waals surface area contributed by atoms with Crippen LogP contribution in [0.15, 0.2) is 24.3 Å². The minimum Gasteiger partial charge on any atom is -0.386 e. The van der Waals surface area contributed by atoms with E-state index in [2.05, 4.69) is 26.8 Å². The van der Waals surface area contributed by atoms with Crippen molar-refractivity contribution in [3.8, 4) is 0 Å². The molecule has 0 aromatic carbocycles. The predicted octanol–water partition coefficient (Wildman–Crippen LogP) is 3.51. The summed E-state index contributed by atoms with van der Waals surface area (Å²) in [4.78, 5) is 11.1. The van der Waals surface area contributed by atoms with E-state index in [0.29, 0.717) is 0 Å². The molecule has 102 valence electrons. The van der Waals surface area contributed by atoms with Crippen molar-refractivity contribution in [2.24, 2.45) is 16.7 Å². The third kappa shape index (κ3) is 3.11. The minimum absolute atomic E-state index is 0.00613. The molecular weight excluding hydrogens is 224 g/mol. The van der Waals surface area contributed by atoms with Crippen molar-refractivity contribution in [2.75, 3.05) is 0 Å². The fraction of sp³-hybridized carbons (Fsp3) is 0.688. The maximum Gasteiger partial charge on any atom is 0.123 e. The van der Waals surface area contributed by atoms with Gasteiger partial charge in [0.05, 0.1) is 5.60 Å². The van der Waals surface area contributed by atoms with Crippen LogP contribution < -0.4 is 0 Å². The van der Waals surface area contributed by atoms with Gasteiger partial charge in [0.1, 0.15) is 6.29 Å². The highest BCUT2D eigenvalue weighted by Crippen LogP contribution is 2.55. The monoisotopic (exact) mass is 250 g/mol. The molecule has 0 spiro atoms. The fourth-order valence-corrected chi connectivity index (χ4v) is 2.66. The summed E-state index contributed by atoms with van der Waals surface area (Å²) in [5, 5.41) is 9.59. The summed E-state index contributed by atoms with van der Waals surface area (Å²) in [7, 11) is 0. The number of aliphatic hydroxyl groups is 1. The second-order valence-electron chi connectivity index (χ2n) is 6.79. The molecule has 1 N–H and O–H groups in total. The lowest BCUT2D eigenvalue weighted by Crippen LogP contribution is -2.33. The van der Waals surface area contributed by atoms with Crippen molar-refractivity contribution >= 4 is 6.29 Å². The van der Waals surface area contributed by atoms with Crippen LogP contribution in [0.1, 0.15) is 47.5 Å². The first kappa shape index (κ1) is 15.2. The maximum atomic E-state index is 11.1. The van der Waals surface area contributed by atoms with Crippen molar-refractivity contribution in [1.82, 2.24) is 0 Å². The Bertz CT molecular complexity index is 358. The van der Waals surface area contributed by atoms with E-state index in [0.717, 1.165) is 19.1 Å². The van der Waals surface area contributed by atoms with Crippen molar-refractivity contribution in [3.05, 3.63) is 24.3 Å². The van der Waals surface area contributed by atoms with Gasteiger partial charge in [0.15, 0.2) is 0 Å². The Hall–Kier alpha value is -0.890. The van der Waals surface area contributed by atoms with Gasteiger partial charge in [-0.05, 0) is 37.5 Å². The lowest BCUT2D eigenvalue weighted by atomic mass is 9.66. The first-order chi connectivity index (χ1) is 8.12. The van der Waals surface area contributed by atoms with Gasteiger partial charge in [-0.15, -0.1) is 0 Å². The summed E-state index contributed by atoms with van der Waals surface area (Å²) in [6, 6.07) is 0. The topological polar surface area (TPSA) is 37.3 Å². The largest absolute Gasteiger partial charge is 0.386 e. The SMILES string of the molecule is CC(C)(O)/C=C/C=C/[C@@]1(C)CC[C@@H](C=O)C1(C)C. The van der Waals surface area contributed by atoms with E-state index in [1.54, 1.807) is 19.9 Å². The molecule has 0 heterocycles. The number of carbonyl (C=O) groups is 1. The molecule has 0 bridgehead atoms. The first-order valence-electron chi connectivity index (χ1n) is 6.67. The number of aldehydes is 1. The summed E-state index contributed by atoms with van der Waals surface area (Å²) in [6.07, 6.45) is 10.9. The molecule has 0 aromatic rings. The van der Waals surface area contributed by atoms with E-state index in [-0.39, 0.29) is 16.7 Å². The zero-order chi connectivity index (χ0) is 14.0. The minimum atomic E-state index is -0.776. The van der Waals surface area contributed by atoms with Crippen LogP contribution in [0.5, 0.6) is 0 Å². The molecule has 2 nitrogen and oxygen atoms in total. The number of hydrogen-bond donors (Lipinski definition) is 1. The normalized spacial score (nSPS) is 32.4. The van der Waals surface area contributed by atoms with Crippen LogP contribution in [0.2, 0.25) is 0 Å². The molecule has 0 amide bonds. The Morgan fingerprint density at radius 2 is 1.83 bits per heavy atom. The number of allylic oxidation sites excluding steroid dienone is 3. The molecule has 1 aliphatic rings. The maximum absolute atomic E-state index is 11.1. The average molecular weight is 250 g/mol. The Labute approximate surface area is 111 Å². The quantitative estimate of drug-likeness (QED) is 0.612. The van der Waals surface area contributed by atoms with E-state index in [4.69, 9.17) is 0 Å². The molecule has 0 saturated heterocycles. The van der Waals surface area contributed by atoms with E-state index in [1.807, 2.05) is 12.2 Å². The van der Waals surface area contributed by atoms with Gasteiger partial charge in [0.25, 0.3) is 0 Å². The van der Waals surface area contributed by atoms with Crippen LogP contribution in [-0.2, 0) is 4.79 Å². The van der Waals surface area contributed by atoms with Crippen LogP contribution in [0.4, 0.5) is 0 Å². The van der Waals surface area contributed by atoms with Crippen molar-refractivity contribution < 1.29 is 9.90 Å². The summed E-state index contributed by atoms with van der Waals surface area (Å²) in [5.74, 6) is 0.144. The molecule has 1 rings (SSSR count). The number of rotatable bonds is 4. The van der Waals surface area contributed by atoms with E-state index in [1.165, 1.54) is 0 Å². The standard InChI is InChI=1S/C16H26O2/c1-14(2,18)9-6-7-10-16(5)11-8-13(12-17)15(16,3)4/h6-7,9-10,12-13,18H,8,11H2,1-5H3/b9-6+,10-7+/t13-,16-/m0/s1. The van der Waals surface area contributed by atoms with Crippen LogP contribution >= 0.6 is 0 Å².